The normalized spacial score (nSPS) is 16.6. The lowest BCUT2D eigenvalue weighted by atomic mass is 10.1. The summed E-state index contributed by atoms with van der Waals surface area (Å²) < 4.78 is 5.15. The maximum Gasteiger partial charge on any atom is 0.311 e. The predicted octanol–water partition coefficient (Wildman–Crippen LogP) is 3.08. The topological polar surface area (TPSA) is 63.7 Å². The number of rotatable bonds is 5. The van der Waals surface area contributed by atoms with Crippen LogP contribution in [0.4, 0.5) is 5.69 Å². The second kappa shape index (κ2) is 7.52. The number of aryl methyl sites for hydroxylation is 2. The van der Waals surface area contributed by atoms with E-state index in [9.17, 15) is 14.4 Å². The second-order valence-electron chi connectivity index (χ2n) is 6.65. The average molecular weight is 351 g/mol. The second-order valence-corrected chi connectivity index (χ2v) is 6.65. The van der Waals surface area contributed by atoms with E-state index in [2.05, 4.69) is 0 Å². The van der Waals surface area contributed by atoms with E-state index in [-0.39, 0.29) is 31.3 Å². The van der Waals surface area contributed by atoms with Crippen LogP contribution in [0, 0.1) is 19.8 Å². The lowest BCUT2D eigenvalue weighted by Gasteiger charge is -2.18. The number of Topliss-reactive ketones (excluding diaryl/α,β-unsaturated/α-hetero) is 1. The molecule has 3 rings (SSSR count). The van der Waals surface area contributed by atoms with E-state index in [4.69, 9.17) is 4.74 Å². The number of hydrogen-bond acceptors (Lipinski definition) is 4. The molecule has 0 bridgehead atoms. The van der Waals surface area contributed by atoms with Gasteiger partial charge in [-0.1, -0.05) is 36.4 Å². The Morgan fingerprint density at radius 1 is 1.08 bits per heavy atom. The van der Waals surface area contributed by atoms with E-state index in [1.807, 2.05) is 38.1 Å². The van der Waals surface area contributed by atoms with Crippen LogP contribution in [0.2, 0.25) is 0 Å². The maximum absolute atomic E-state index is 12.3. The molecular weight excluding hydrogens is 330 g/mol. The fourth-order valence-corrected chi connectivity index (χ4v) is 3.18. The minimum atomic E-state index is -0.549. The molecule has 0 aromatic heterocycles. The van der Waals surface area contributed by atoms with Crippen LogP contribution in [0.1, 0.15) is 27.9 Å². The summed E-state index contributed by atoms with van der Waals surface area (Å²) in [7, 11) is 0. The number of anilines is 1. The zero-order valence-electron chi connectivity index (χ0n) is 14.9. The molecule has 2 aromatic rings. The Balaban J connectivity index is 1.61. The van der Waals surface area contributed by atoms with Crippen LogP contribution in [0.3, 0.4) is 0 Å². The third-order valence-corrected chi connectivity index (χ3v) is 4.42. The first-order valence-corrected chi connectivity index (χ1v) is 8.57. The van der Waals surface area contributed by atoms with Crippen molar-refractivity contribution in [2.45, 2.75) is 20.3 Å². The van der Waals surface area contributed by atoms with Crippen molar-refractivity contribution in [3.8, 4) is 0 Å². The number of benzene rings is 2. The molecule has 1 heterocycles. The quantitative estimate of drug-likeness (QED) is 0.613. The summed E-state index contributed by atoms with van der Waals surface area (Å²) >= 11 is 0. The van der Waals surface area contributed by atoms with Crippen molar-refractivity contribution in [1.29, 1.82) is 0 Å². The highest BCUT2D eigenvalue weighted by atomic mass is 16.5. The van der Waals surface area contributed by atoms with Gasteiger partial charge in [0.15, 0.2) is 12.4 Å². The van der Waals surface area contributed by atoms with Gasteiger partial charge in [0.05, 0.1) is 5.92 Å². The molecule has 1 atom stereocenters. The van der Waals surface area contributed by atoms with Crippen LogP contribution in [0.5, 0.6) is 0 Å². The highest BCUT2D eigenvalue weighted by Crippen LogP contribution is 2.27. The molecule has 5 heteroatoms. The molecule has 134 valence electrons. The highest BCUT2D eigenvalue weighted by Gasteiger charge is 2.36. The largest absolute Gasteiger partial charge is 0.457 e. The monoisotopic (exact) mass is 351 g/mol. The molecule has 1 amide bonds. The van der Waals surface area contributed by atoms with Gasteiger partial charge in [-0.05, 0) is 37.1 Å². The molecule has 1 aliphatic heterocycles. The fourth-order valence-electron chi connectivity index (χ4n) is 3.18. The van der Waals surface area contributed by atoms with Gasteiger partial charge in [-0.25, -0.2) is 0 Å². The molecule has 1 saturated heterocycles. The Bertz CT molecular complexity index is 824. The standard InChI is InChI=1S/C21H21NO4/c1-14-8-15(2)10-18(9-14)22-12-17(11-20(22)24)21(25)26-13-19(23)16-6-4-3-5-7-16/h3-10,17H,11-13H2,1-2H3/t17-/m0/s1. The van der Waals surface area contributed by atoms with Crippen LogP contribution in [0.25, 0.3) is 0 Å². The minimum absolute atomic E-state index is 0.103. The maximum atomic E-state index is 12.3. The number of ketones is 1. The van der Waals surface area contributed by atoms with Crippen molar-refractivity contribution in [3.05, 3.63) is 65.2 Å². The summed E-state index contributed by atoms with van der Waals surface area (Å²) in [5.74, 6) is -1.41. The Morgan fingerprint density at radius 3 is 2.38 bits per heavy atom. The third-order valence-electron chi connectivity index (χ3n) is 4.42. The molecule has 1 aliphatic rings. The van der Waals surface area contributed by atoms with Gasteiger partial charge in [0.2, 0.25) is 5.91 Å². The molecular formula is C21H21NO4. The Kier molecular flexibility index (Phi) is 5.16. The zero-order chi connectivity index (χ0) is 18.7. The van der Waals surface area contributed by atoms with Crippen LogP contribution in [-0.4, -0.2) is 30.8 Å². The van der Waals surface area contributed by atoms with Gasteiger partial charge in [-0.3, -0.25) is 14.4 Å². The van der Waals surface area contributed by atoms with E-state index in [1.165, 1.54) is 0 Å². The summed E-state index contributed by atoms with van der Waals surface area (Å²) in [6.07, 6.45) is 0.103. The van der Waals surface area contributed by atoms with Crippen molar-refractivity contribution in [1.82, 2.24) is 0 Å². The highest BCUT2D eigenvalue weighted by molar-refractivity contribution is 6.01. The molecule has 0 radical (unpaired) electrons. The van der Waals surface area contributed by atoms with Crippen molar-refractivity contribution in [3.63, 3.8) is 0 Å². The molecule has 0 saturated carbocycles. The van der Waals surface area contributed by atoms with Gasteiger partial charge in [0.1, 0.15) is 0 Å². The van der Waals surface area contributed by atoms with Gasteiger partial charge in [0, 0.05) is 24.2 Å². The molecule has 0 unspecified atom stereocenters. The summed E-state index contributed by atoms with van der Waals surface area (Å²) in [4.78, 5) is 38.3. The molecule has 2 aromatic carbocycles. The predicted molar refractivity (Wildman–Crippen MR) is 98.1 cm³/mol. The minimum Gasteiger partial charge on any atom is -0.457 e. The Hall–Kier alpha value is -2.95. The summed E-state index contributed by atoms with van der Waals surface area (Å²) in [6, 6.07) is 14.6. The fraction of sp³-hybridized carbons (Fsp3) is 0.286. The number of carbonyl (C=O) groups excluding carboxylic acids is 3. The van der Waals surface area contributed by atoms with E-state index in [0.29, 0.717) is 5.56 Å². The first-order valence-electron chi connectivity index (χ1n) is 8.57. The number of hydrogen-bond donors (Lipinski definition) is 0. The van der Waals surface area contributed by atoms with Crippen LogP contribution >= 0.6 is 0 Å². The van der Waals surface area contributed by atoms with Crippen molar-refractivity contribution in [2.75, 3.05) is 18.1 Å². The molecule has 0 aliphatic carbocycles. The van der Waals surface area contributed by atoms with Crippen molar-refractivity contribution in [2.24, 2.45) is 5.92 Å². The Labute approximate surface area is 152 Å². The number of esters is 1. The van der Waals surface area contributed by atoms with Crippen LogP contribution < -0.4 is 4.90 Å². The molecule has 26 heavy (non-hydrogen) atoms. The number of amides is 1. The van der Waals surface area contributed by atoms with Crippen LogP contribution in [0.15, 0.2) is 48.5 Å². The third kappa shape index (κ3) is 3.99. The lowest BCUT2D eigenvalue weighted by molar-refractivity contribution is -0.147. The van der Waals surface area contributed by atoms with E-state index >= 15 is 0 Å². The van der Waals surface area contributed by atoms with E-state index in [0.717, 1.165) is 16.8 Å². The van der Waals surface area contributed by atoms with Crippen LogP contribution in [-0.2, 0) is 14.3 Å². The van der Waals surface area contributed by atoms with Gasteiger partial charge < -0.3 is 9.64 Å². The lowest BCUT2D eigenvalue weighted by Crippen LogP contribution is -2.27. The van der Waals surface area contributed by atoms with E-state index in [1.54, 1.807) is 29.2 Å². The van der Waals surface area contributed by atoms with E-state index < -0.39 is 11.9 Å². The summed E-state index contributed by atoms with van der Waals surface area (Å²) in [6.45, 7) is 3.91. The smallest absolute Gasteiger partial charge is 0.311 e. The molecule has 0 N–H and O–H groups in total. The first kappa shape index (κ1) is 17.9. The summed E-state index contributed by atoms with van der Waals surface area (Å²) in [5, 5.41) is 0. The Morgan fingerprint density at radius 2 is 1.73 bits per heavy atom. The first-order chi connectivity index (χ1) is 12.4. The van der Waals surface area contributed by atoms with Gasteiger partial charge in [0.25, 0.3) is 0 Å². The SMILES string of the molecule is Cc1cc(C)cc(N2C[C@@H](C(=O)OCC(=O)c3ccccc3)CC2=O)c1. The van der Waals surface area contributed by atoms with Gasteiger partial charge in [-0.2, -0.15) is 0 Å². The zero-order valence-corrected chi connectivity index (χ0v) is 14.9. The average Bonchev–Trinajstić information content (AvgIpc) is 3.01. The van der Waals surface area contributed by atoms with Gasteiger partial charge >= 0.3 is 5.97 Å². The molecule has 5 nitrogen and oxygen atoms in total. The summed E-state index contributed by atoms with van der Waals surface area (Å²) in [5.41, 5.74) is 3.42. The number of nitrogens with zero attached hydrogens (tertiary/aromatic N) is 1. The molecule has 1 fully saturated rings. The van der Waals surface area contributed by atoms with Crippen molar-refractivity contribution < 1.29 is 19.1 Å². The number of carbonyl (C=O) groups is 3. The molecule has 0 spiro atoms. The van der Waals surface area contributed by atoms with Crippen molar-refractivity contribution >= 4 is 23.3 Å². The van der Waals surface area contributed by atoms with Gasteiger partial charge in [-0.15, -0.1) is 0 Å². The number of ether oxygens (including phenoxy) is 1.